The van der Waals surface area contributed by atoms with Crippen LogP contribution in [0.15, 0.2) is 30.3 Å². The van der Waals surface area contributed by atoms with Gasteiger partial charge in [0.25, 0.3) is 5.91 Å². The number of likely N-dealkylation sites (tertiary alicyclic amines) is 1. The van der Waals surface area contributed by atoms with E-state index in [1.54, 1.807) is 0 Å². The Kier molecular flexibility index (Phi) is 5.61. The Morgan fingerprint density at radius 3 is 2.59 bits per heavy atom. The number of amides is 4. The Balaban J connectivity index is 1.53. The summed E-state index contributed by atoms with van der Waals surface area (Å²) in [6.45, 7) is 2.57. The average Bonchev–Trinajstić information content (AvgIpc) is 2.99. The fourth-order valence-corrected chi connectivity index (χ4v) is 5.54. The second kappa shape index (κ2) is 8.17. The number of carbonyl (C=O) groups excluding carboxylic acids is 3. The minimum atomic E-state index is -1.07. The quantitative estimate of drug-likeness (QED) is 0.774. The van der Waals surface area contributed by atoms with Crippen LogP contribution in [0, 0.1) is 5.92 Å². The van der Waals surface area contributed by atoms with Crippen molar-refractivity contribution in [1.82, 2.24) is 15.1 Å². The van der Waals surface area contributed by atoms with Crippen LogP contribution in [0.25, 0.3) is 0 Å². The number of piperidine rings is 1. The van der Waals surface area contributed by atoms with Gasteiger partial charge in [-0.3, -0.25) is 14.5 Å². The summed E-state index contributed by atoms with van der Waals surface area (Å²) in [5.74, 6) is 0.180. The summed E-state index contributed by atoms with van der Waals surface area (Å²) in [5, 5.41) is 2.92. The van der Waals surface area contributed by atoms with E-state index in [2.05, 4.69) is 5.32 Å². The number of nitrogens with one attached hydrogen (secondary N) is 1. The lowest BCUT2D eigenvalue weighted by Gasteiger charge is -2.44. The van der Waals surface area contributed by atoms with Crippen molar-refractivity contribution >= 4 is 17.8 Å². The summed E-state index contributed by atoms with van der Waals surface area (Å²) < 4.78 is 0. The maximum Gasteiger partial charge on any atom is 0.325 e. The number of hydrogen-bond acceptors (Lipinski definition) is 3. The molecule has 29 heavy (non-hydrogen) atoms. The van der Waals surface area contributed by atoms with Gasteiger partial charge in [0.1, 0.15) is 12.1 Å². The van der Waals surface area contributed by atoms with Crippen LogP contribution in [0.3, 0.4) is 0 Å². The average molecular weight is 398 g/mol. The molecule has 1 aromatic rings. The van der Waals surface area contributed by atoms with E-state index in [0.717, 1.165) is 42.7 Å². The van der Waals surface area contributed by atoms with E-state index in [-0.39, 0.29) is 24.4 Å². The molecule has 4 amide bonds. The fraction of sp³-hybridized carbons (Fsp3) is 0.609. The fourth-order valence-electron chi connectivity index (χ4n) is 5.54. The van der Waals surface area contributed by atoms with Crippen LogP contribution in [0.4, 0.5) is 4.79 Å². The normalized spacial score (nSPS) is 29.6. The molecule has 1 saturated carbocycles. The molecule has 2 aliphatic heterocycles. The molecule has 3 fully saturated rings. The summed E-state index contributed by atoms with van der Waals surface area (Å²) in [6, 6.07) is 9.20. The van der Waals surface area contributed by atoms with Crippen LogP contribution in [-0.2, 0) is 15.1 Å². The number of hydrogen-bond donors (Lipinski definition) is 1. The number of fused-ring (bicyclic) bond motifs is 1. The lowest BCUT2D eigenvalue weighted by atomic mass is 9.78. The molecule has 156 valence electrons. The number of benzene rings is 1. The van der Waals surface area contributed by atoms with Crippen molar-refractivity contribution in [3.63, 3.8) is 0 Å². The lowest BCUT2D eigenvalue weighted by Crippen LogP contribution is -2.53. The third kappa shape index (κ3) is 3.53. The first-order valence-corrected chi connectivity index (χ1v) is 11.1. The van der Waals surface area contributed by atoms with E-state index < -0.39 is 11.6 Å². The van der Waals surface area contributed by atoms with Gasteiger partial charge in [-0.1, -0.05) is 56.5 Å². The Hall–Kier alpha value is -2.37. The molecule has 4 rings (SSSR count). The van der Waals surface area contributed by atoms with Gasteiger partial charge >= 0.3 is 6.03 Å². The first kappa shape index (κ1) is 19.9. The van der Waals surface area contributed by atoms with Crippen molar-refractivity contribution in [2.75, 3.05) is 13.1 Å². The second-order valence-electron chi connectivity index (χ2n) is 8.68. The molecule has 1 N–H and O–H groups in total. The van der Waals surface area contributed by atoms with Crippen molar-refractivity contribution in [3.8, 4) is 0 Å². The van der Waals surface area contributed by atoms with Gasteiger partial charge in [-0.2, -0.15) is 0 Å². The molecule has 0 aromatic heterocycles. The van der Waals surface area contributed by atoms with E-state index in [9.17, 15) is 14.4 Å². The topological polar surface area (TPSA) is 69.7 Å². The van der Waals surface area contributed by atoms with Gasteiger partial charge in [0.2, 0.25) is 5.91 Å². The zero-order valence-corrected chi connectivity index (χ0v) is 17.2. The number of imide groups is 1. The molecule has 1 aromatic carbocycles. The molecule has 0 spiro atoms. The van der Waals surface area contributed by atoms with E-state index in [0.29, 0.717) is 12.3 Å². The SMILES string of the molecule is CCC[C@]1(c2ccccc2)NC(=O)N(CC(=O)N2CCC[C@H]3CCCC[C@@H]32)C1=O. The van der Waals surface area contributed by atoms with Crippen molar-refractivity contribution in [2.45, 2.75) is 69.9 Å². The smallest absolute Gasteiger partial charge is 0.325 e. The molecule has 3 atom stereocenters. The van der Waals surface area contributed by atoms with Gasteiger partial charge in [0, 0.05) is 12.6 Å². The van der Waals surface area contributed by atoms with Crippen molar-refractivity contribution < 1.29 is 14.4 Å². The third-order valence-corrected chi connectivity index (χ3v) is 6.92. The maximum atomic E-state index is 13.4. The molecular formula is C23H31N3O3. The first-order valence-electron chi connectivity index (χ1n) is 11.1. The largest absolute Gasteiger partial charge is 0.338 e. The monoisotopic (exact) mass is 397 g/mol. The summed E-state index contributed by atoms with van der Waals surface area (Å²) in [4.78, 5) is 42.4. The van der Waals surface area contributed by atoms with Crippen molar-refractivity contribution in [3.05, 3.63) is 35.9 Å². The van der Waals surface area contributed by atoms with Crippen LogP contribution >= 0.6 is 0 Å². The number of rotatable bonds is 5. The third-order valence-electron chi connectivity index (χ3n) is 6.92. The molecule has 6 heteroatoms. The summed E-state index contributed by atoms with van der Waals surface area (Å²) >= 11 is 0. The van der Waals surface area contributed by atoms with Gasteiger partial charge in [-0.05, 0) is 43.6 Å². The number of urea groups is 1. The van der Waals surface area contributed by atoms with Crippen LogP contribution in [0.2, 0.25) is 0 Å². The zero-order chi connectivity index (χ0) is 20.4. The number of nitrogens with zero attached hydrogens (tertiary/aromatic N) is 2. The molecular weight excluding hydrogens is 366 g/mol. The molecule has 3 aliphatic rings. The highest BCUT2D eigenvalue weighted by Crippen LogP contribution is 2.36. The summed E-state index contributed by atoms with van der Waals surface area (Å²) in [5.41, 5.74) is -0.289. The van der Waals surface area contributed by atoms with Crippen molar-refractivity contribution in [1.29, 1.82) is 0 Å². The van der Waals surface area contributed by atoms with Gasteiger partial charge < -0.3 is 10.2 Å². The highest BCUT2D eigenvalue weighted by atomic mass is 16.2. The van der Waals surface area contributed by atoms with E-state index in [1.807, 2.05) is 42.2 Å². The van der Waals surface area contributed by atoms with Gasteiger partial charge in [-0.15, -0.1) is 0 Å². The van der Waals surface area contributed by atoms with E-state index in [1.165, 1.54) is 19.3 Å². The highest BCUT2D eigenvalue weighted by molar-refractivity contribution is 6.09. The van der Waals surface area contributed by atoms with Crippen LogP contribution in [0.1, 0.15) is 63.9 Å². The lowest BCUT2D eigenvalue weighted by molar-refractivity contribution is -0.143. The second-order valence-corrected chi connectivity index (χ2v) is 8.68. The molecule has 0 bridgehead atoms. The number of carbonyl (C=O) groups is 3. The molecule has 1 aliphatic carbocycles. The first-order chi connectivity index (χ1) is 14.1. The predicted molar refractivity (Wildman–Crippen MR) is 110 cm³/mol. The Bertz CT molecular complexity index is 779. The summed E-state index contributed by atoms with van der Waals surface area (Å²) in [6.07, 6.45) is 8.08. The van der Waals surface area contributed by atoms with Crippen LogP contribution in [0.5, 0.6) is 0 Å². The van der Waals surface area contributed by atoms with E-state index >= 15 is 0 Å². The van der Waals surface area contributed by atoms with Gasteiger partial charge in [0.05, 0.1) is 0 Å². The van der Waals surface area contributed by atoms with Gasteiger partial charge in [0.15, 0.2) is 0 Å². The molecule has 2 saturated heterocycles. The molecule has 6 nitrogen and oxygen atoms in total. The minimum Gasteiger partial charge on any atom is -0.338 e. The maximum absolute atomic E-state index is 13.4. The van der Waals surface area contributed by atoms with Crippen LogP contribution in [-0.4, -0.2) is 46.8 Å². The Morgan fingerprint density at radius 1 is 1.10 bits per heavy atom. The van der Waals surface area contributed by atoms with Crippen molar-refractivity contribution in [2.24, 2.45) is 5.92 Å². The van der Waals surface area contributed by atoms with E-state index in [4.69, 9.17) is 0 Å². The molecule has 2 heterocycles. The minimum absolute atomic E-state index is 0.0922. The Morgan fingerprint density at radius 2 is 1.83 bits per heavy atom. The Labute approximate surface area is 172 Å². The standard InChI is InChI=1S/C23H31N3O3/c1-2-14-23(18-11-4-3-5-12-18)21(28)26(22(29)24-23)16-20(27)25-15-8-10-17-9-6-7-13-19(17)25/h3-5,11-12,17,19H,2,6-10,13-16H2,1H3,(H,24,29)/t17-,19+,23-/m1/s1. The molecule has 0 unspecified atom stereocenters. The summed E-state index contributed by atoms with van der Waals surface area (Å²) in [7, 11) is 0. The van der Waals surface area contributed by atoms with Crippen LogP contribution < -0.4 is 5.32 Å². The zero-order valence-electron chi connectivity index (χ0n) is 17.2. The predicted octanol–water partition coefficient (Wildman–Crippen LogP) is 3.42. The van der Waals surface area contributed by atoms with Gasteiger partial charge in [-0.25, -0.2) is 4.79 Å². The molecule has 0 radical (unpaired) electrons. The highest BCUT2D eigenvalue weighted by Gasteiger charge is 2.52.